The van der Waals surface area contributed by atoms with E-state index < -0.39 is 0 Å². The lowest BCUT2D eigenvalue weighted by Gasteiger charge is -2.15. The molecule has 0 saturated carbocycles. The van der Waals surface area contributed by atoms with Crippen molar-refractivity contribution in [2.45, 2.75) is 26.3 Å². The quantitative estimate of drug-likeness (QED) is 0.707. The van der Waals surface area contributed by atoms with E-state index in [1.165, 1.54) is 0 Å². The van der Waals surface area contributed by atoms with Crippen molar-refractivity contribution in [3.8, 4) is 0 Å². The summed E-state index contributed by atoms with van der Waals surface area (Å²) in [6.07, 6.45) is 4.75. The summed E-state index contributed by atoms with van der Waals surface area (Å²) in [7, 11) is 0. The number of rotatable bonds is 1. The molecule has 0 saturated heterocycles. The SMILES string of the molecule is Cc1cnc(C2=N[C@H](C)CCS2)cn1. The molecule has 0 aliphatic carbocycles. The first-order valence-electron chi connectivity index (χ1n) is 4.75. The van der Waals surface area contributed by atoms with E-state index in [1.54, 1.807) is 24.2 Å². The molecule has 2 rings (SSSR count). The molecule has 0 fully saturated rings. The molecule has 1 aromatic heterocycles. The highest BCUT2D eigenvalue weighted by Crippen LogP contribution is 2.20. The van der Waals surface area contributed by atoms with Gasteiger partial charge < -0.3 is 0 Å². The average molecular weight is 207 g/mol. The average Bonchev–Trinajstić information content (AvgIpc) is 2.19. The third kappa shape index (κ3) is 2.12. The normalized spacial score (nSPS) is 21.9. The molecule has 0 spiro atoms. The molecule has 1 aliphatic heterocycles. The monoisotopic (exact) mass is 207 g/mol. The van der Waals surface area contributed by atoms with Crippen molar-refractivity contribution in [1.82, 2.24) is 9.97 Å². The van der Waals surface area contributed by atoms with Crippen LogP contribution in [-0.4, -0.2) is 26.8 Å². The van der Waals surface area contributed by atoms with Gasteiger partial charge in [-0.25, -0.2) is 0 Å². The van der Waals surface area contributed by atoms with Gasteiger partial charge in [0, 0.05) is 18.0 Å². The van der Waals surface area contributed by atoms with Crippen LogP contribution < -0.4 is 0 Å². The zero-order chi connectivity index (χ0) is 9.97. The van der Waals surface area contributed by atoms with E-state index >= 15 is 0 Å². The fourth-order valence-corrected chi connectivity index (χ4v) is 2.43. The van der Waals surface area contributed by atoms with Gasteiger partial charge in [0.1, 0.15) is 10.7 Å². The summed E-state index contributed by atoms with van der Waals surface area (Å²) in [6, 6.07) is 0.425. The maximum atomic E-state index is 4.56. The van der Waals surface area contributed by atoms with Crippen LogP contribution in [0.25, 0.3) is 0 Å². The minimum atomic E-state index is 0.425. The van der Waals surface area contributed by atoms with E-state index in [-0.39, 0.29) is 0 Å². The van der Waals surface area contributed by atoms with Gasteiger partial charge in [0.15, 0.2) is 0 Å². The predicted molar refractivity (Wildman–Crippen MR) is 59.8 cm³/mol. The minimum absolute atomic E-state index is 0.425. The molecule has 0 radical (unpaired) electrons. The van der Waals surface area contributed by atoms with Crippen molar-refractivity contribution in [2.24, 2.45) is 4.99 Å². The third-order valence-corrected chi connectivity index (χ3v) is 3.14. The van der Waals surface area contributed by atoms with Crippen LogP contribution in [0.15, 0.2) is 17.4 Å². The Hall–Kier alpha value is -0.900. The second kappa shape index (κ2) is 4.09. The molecule has 0 amide bonds. The minimum Gasteiger partial charge on any atom is -0.273 e. The van der Waals surface area contributed by atoms with Crippen molar-refractivity contribution >= 4 is 16.8 Å². The molecular weight excluding hydrogens is 194 g/mol. The zero-order valence-electron chi connectivity index (χ0n) is 8.40. The van der Waals surface area contributed by atoms with Gasteiger partial charge in [-0.05, 0) is 20.3 Å². The predicted octanol–water partition coefficient (Wildman–Crippen LogP) is 2.06. The Morgan fingerprint density at radius 3 is 2.86 bits per heavy atom. The first-order chi connectivity index (χ1) is 6.75. The highest BCUT2D eigenvalue weighted by atomic mass is 32.2. The zero-order valence-corrected chi connectivity index (χ0v) is 9.21. The van der Waals surface area contributed by atoms with Gasteiger partial charge in [-0.1, -0.05) is 0 Å². The van der Waals surface area contributed by atoms with Crippen molar-refractivity contribution < 1.29 is 0 Å². The Labute approximate surface area is 88.1 Å². The van der Waals surface area contributed by atoms with Crippen LogP contribution in [0.3, 0.4) is 0 Å². The Morgan fingerprint density at radius 1 is 1.36 bits per heavy atom. The molecule has 0 N–H and O–H groups in total. The summed E-state index contributed by atoms with van der Waals surface area (Å²) in [5, 5.41) is 1.04. The second-order valence-electron chi connectivity index (χ2n) is 3.46. The first kappa shape index (κ1) is 9.65. The largest absolute Gasteiger partial charge is 0.273 e. The molecule has 1 aromatic rings. The molecule has 0 unspecified atom stereocenters. The van der Waals surface area contributed by atoms with E-state index in [9.17, 15) is 0 Å². The van der Waals surface area contributed by atoms with Gasteiger partial charge in [-0.3, -0.25) is 15.0 Å². The van der Waals surface area contributed by atoms with Crippen LogP contribution in [0.1, 0.15) is 24.7 Å². The van der Waals surface area contributed by atoms with Crippen LogP contribution in [0.2, 0.25) is 0 Å². The van der Waals surface area contributed by atoms with Gasteiger partial charge in [0.2, 0.25) is 0 Å². The lowest BCUT2D eigenvalue weighted by atomic mass is 10.3. The fraction of sp³-hybridized carbons (Fsp3) is 0.500. The number of aliphatic imine (C=N–C) groups is 1. The van der Waals surface area contributed by atoms with Crippen molar-refractivity contribution in [1.29, 1.82) is 0 Å². The van der Waals surface area contributed by atoms with Crippen LogP contribution in [-0.2, 0) is 0 Å². The molecule has 1 atom stereocenters. The van der Waals surface area contributed by atoms with Gasteiger partial charge in [0.05, 0.1) is 11.9 Å². The van der Waals surface area contributed by atoms with Crippen molar-refractivity contribution in [3.05, 3.63) is 23.8 Å². The Bertz CT molecular complexity index is 345. The summed E-state index contributed by atoms with van der Waals surface area (Å²) >= 11 is 1.77. The Morgan fingerprint density at radius 2 is 2.21 bits per heavy atom. The molecule has 0 bridgehead atoms. The number of hydrogen-bond acceptors (Lipinski definition) is 4. The molecule has 1 aliphatic rings. The molecule has 3 nitrogen and oxygen atoms in total. The van der Waals surface area contributed by atoms with Crippen LogP contribution in [0, 0.1) is 6.92 Å². The smallest absolute Gasteiger partial charge is 0.118 e. The highest BCUT2D eigenvalue weighted by Gasteiger charge is 2.14. The summed E-state index contributed by atoms with van der Waals surface area (Å²) in [6.45, 7) is 4.08. The Kier molecular flexibility index (Phi) is 2.82. The van der Waals surface area contributed by atoms with Crippen molar-refractivity contribution in [3.63, 3.8) is 0 Å². The summed E-state index contributed by atoms with van der Waals surface area (Å²) < 4.78 is 0. The van der Waals surface area contributed by atoms with E-state index in [4.69, 9.17) is 0 Å². The number of hydrogen-bond donors (Lipinski definition) is 0. The summed E-state index contributed by atoms with van der Waals surface area (Å²) in [5.74, 6) is 1.13. The standard InChI is InChI=1S/C10H13N3S/c1-7-3-4-14-10(13-7)9-6-11-8(2)5-12-9/h5-7H,3-4H2,1-2H3/t7-/m1/s1. The molecule has 74 valence electrons. The maximum absolute atomic E-state index is 4.56. The van der Waals surface area contributed by atoms with Crippen LogP contribution in [0.4, 0.5) is 0 Å². The van der Waals surface area contributed by atoms with E-state index in [2.05, 4.69) is 21.9 Å². The maximum Gasteiger partial charge on any atom is 0.118 e. The molecule has 2 heterocycles. The number of nitrogens with zero attached hydrogens (tertiary/aromatic N) is 3. The molecule has 14 heavy (non-hydrogen) atoms. The number of thioether (sulfide) groups is 1. The van der Waals surface area contributed by atoms with E-state index in [0.29, 0.717) is 6.04 Å². The molecule has 4 heteroatoms. The van der Waals surface area contributed by atoms with Crippen LogP contribution >= 0.6 is 11.8 Å². The molecule has 0 aromatic carbocycles. The van der Waals surface area contributed by atoms with Gasteiger partial charge >= 0.3 is 0 Å². The molecular formula is C10H13N3S. The number of aryl methyl sites for hydroxylation is 1. The first-order valence-corrected chi connectivity index (χ1v) is 5.74. The van der Waals surface area contributed by atoms with Gasteiger partial charge in [0.25, 0.3) is 0 Å². The van der Waals surface area contributed by atoms with Crippen molar-refractivity contribution in [2.75, 3.05) is 5.75 Å². The highest BCUT2D eigenvalue weighted by molar-refractivity contribution is 8.14. The number of aromatic nitrogens is 2. The third-order valence-electron chi connectivity index (χ3n) is 2.11. The van der Waals surface area contributed by atoms with Crippen LogP contribution in [0.5, 0.6) is 0 Å². The summed E-state index contributed by atoms with van der Waals surface area (Å²) in [4.78, 5) is 13.1. The summed E-state index contributed by atoms with van der Waals surface area (Å²) in [5.41, 5.74) is 1.86. The second-order valence-corrected chi connectivity index (χ2v) is 4.55. The van der Waals surface area contributed by atoms with E-state index in [1.807, 2.05) is 6.92 Å². The lowest BCUT2D eigenvalue weighted by Crippen LogP contribution is -2.13. The van der Waals surface area contributed by atoms with Gasteiger partial charge in [-0.2, -0.15) is 0 Å². The lowest BCUT2D eigenvalue weighted by molar-refractivity contribution is 0.720. The van der Waals surface area contributed by atoms with Gasteiger partial charge in [-0.15, -0.1) is 11.8 Å². The fourth-order valence-electron chi connectivity index (χ4n) is 1.27. The topological polar surface area (TPSA) is 38.1 Å². The van der Waals surface area contributed by atoms with E-state index in [0.717, 1.165) is 28.6 Å². The Balaban J connectivity index is 2.26.